The van der Waals surface area contributed by atoms with Gasteiger partial charge >= 0.3 is 6.18 Å². The summed E-state index contributed by atoms with van der Waals surface area (Å²) in [5.74, 6) is -0.570. The summed E-state index contributed by atoms with van der Waals surface area (Å²) in [4.78, 5) is 18.7. The van der Waals surface area contributed by atoms with Gasteiger partial charge in [-0.3, -0.25) is 9.69 Å². The fraction of sp³-hybridized carbons (Fsp3) is 0.381. The number of amides is 1. The van der Waals surface area contributed by atoms with Crippen LogP contribution in [-0.2, 0) is 19.1 Å². The van der Waals surface area contributed by atoms with Crippen LogP contribution in [-0.4, -0.2) is 56.2 Å². The molecule has 1 aromatic carbocycles. The number of aryl methyl sites for hydroxylation is 1. The Kier molecular flexibility index (Phi) is 5.67. The van der Waals surface area contributed by atoms with Gasteiger partial charge in [-0.15, -0.1) is 0 Å². The lowest BCUT2D eigenvalue weighted by Crippen LogP contribution is -2.42. The van der Waals surface area contributed by atoms with Gasteiger partial charge in [0.1, 0.15) is 0 Å². The molecule has 0 bridgehead atoms. The van der Waals surface area contributed by atoms with Crippen LogP contribution in [0.1, 0.15) is 33.0 Å². The number of nitrogens with zero attached hydrogens (tertiary/aromatic N) is 4. The highest BCUT2D eigenvalue weighted by atomic mass is 19.4. The molecule has 2 N–H and O–H groups in total. The molecule has 1 aliphatic rings. The van der Waals surface area contributed by atoms with E-state index in [2.05, 4.69) is 32.4 Å². The number of aliphatic hydroxyl groups is 1. The number of carbonyl (C=O) groups is 1. The van der Waals surface area contributed by atoms with E-state index in [9.17, 15) is 23.1 Å². The number of hydrogen-bond acceptors (Lipinski definition) is 5. The number of fused-ring (bicyclic) bond motifs is 2. The standard InChI is InChI=1S/C21H22F3N5O2/c1-13-19(26-18-7-6-17(21(22,23)24)27-29(13)18)20(31)25-10-16(30)12-28-9-8-14-4-2-3-5-15(14)11-28/h2-7,16,30H,8-12H2,1H3,(H,25,31)/t16-/m0/s1. The maximum atomic E-state index is 12.9. The number of rotatable bonds is 5. The van der Waals surface area contributed by atoms with Crippen LogP contribution in [0.4, 0.5) is 13.2 Å². The number of nitrogens with one attached hydrogen (secondary N) is 1. The lowest BCUT2D eigenvalue weighted by Gasteiger charge is -2.30. The maximum Gasteiger partial charge on any atom is 0.435 e. The van der Waals surface area contributed by atoms with Gasteiger partial charge < -0.3 is 10.4 Å². The first kappa shape index (κ1) is 21.3. The van der Waals surface area contributed by atoms with E-state index in [-0.39, 0.29) is 23.6 Å². The first-order chi connectivity index (χ1) is 14.7. The van der Waals surface area contributed by atoms with Gasteiger partial charge in [0.15, 0.2) is 17.0 Å². The van der Waals surface area contributed by atoms with Crippen LogP contribution in [0.5, 0.6) is 0 Å². The zero-order valence-electron chi connectivity index (χ0n) is 16.9. The van der Waals surface area contributed by atoms with Crippen molar-refractivity contribution < 1.29 is 23.1 Å². The van der Waals surface area contributed by atoms with Crippen LogP contribution in [0.2, 0.25) is 0 Å². The fourth-order valence-corrected chi connectivity index (χ4v) is 3.78. The summed E-state index contributed by atoms with van der Waals surface area (Å²) in [7, 11) is 0. The zero-order valence-corrected chi connectivity index (χ0v) is 16.9. The molecular weight excluding hydrogens is 411 g/mol. The van der Waals surface area contributed by atoms with Crippen molar-refractivity contribution in [1.82, 2.24) is 24.8 Å². The van der Waals surface area contributed by atoms with Gasteiger partial charge in [-0.25, -0.2) is 9.50 Å². The Morgan fingerprint density at radius 3 is 2.71 bits per heavy atom. The second-order valence-electron chi connectivity index (χ2n) is 7.65. The Morgan fingerprint density at radius 2 is 1.97 bits per heavy atom. The predicted molar refractivity (Wildman–Crippen MR) is 106 cm³/mol. The minimum atomic E-state index is -4.59. The van der Waals surface area contributed by atoms with E-state index in [1.165, 1.54) is 24.1 Å². The summed E-state index contributed by atoms with van der Waals surface area (Å²) >= 11 is 0. The van der Waals surface area contributed by atoms with Gasteiger partial charge in [0.05, 0.1) is 11.8 Å². The second kappa shape index (κ2) is 8.27. The molecule has 1 aliphatic heterocycles. The normalized spacial score (nSPS) is 15.6. The van der Waals surface area contributed by atoms with Gasteiger partial charge in [0.2, 0.25) is 0 Å². The Hall–Kier alpha value is -2.98. The second-order valence-corrected chi connectivity index (χ2v) is 7.65. The molecule has 0 saturated heterocycles. The average Bonchev–Trinajstić information content (AvgIpc) is 3.07. The number of aliphatic hydroxyl groups excluding tert-OH is 1. The molecule has 0 spiro atoms. The zero-order chi connectivity index (χ0) is 22.2. The third kappa shape index (κ3) is 4.54. The van der Waals surface area contributed by atoms with Crippen molar-refractivity contribution in [2.75, 3.05) is 19.6 Å². The van der Waals surface area contributed by atoms with E-state index < -0.39 is 23.9 Å². The molecule has 10 heteroatoms. The van der Waals surface area contributed by atoms with E-state index >= 15 is 0 Å². The Balaban J connectivity index is 1.37. The highest BCUT2D eigenvalue weighted by molar-refractivity contribution is 5.94. The number of benzene rings is 1. The quantitative estimate of drug-likeness (QED) is 0.645. The number of hydrogen-bond donors (Lipinski definition) is 2. The van der Waals surface area contributed by atoms with Gasteiger partial charge in [0.25, 0.3) is 5.91 Å². The summed E-state index contributed by atoms with van der Waals surface area (Å²) in [5.41, 5.74) is 1.79. The van der Waals surface area contributed by atoms with E-state index in [0.29, 0.717) is 6.54 Å². The van der Waals surface area contributed by atoms with E-state index in [1.807, 2.05) is 12.1 Å². The molecule has 0 saturated carbocycles. The lowest BCUT2D eigenvalue weighted by atomic mass is 10.00. The van der Waals surface area contributed by atoms with Crippen LogP contribution in [0.25, 0.3) is 5.65 Å². The molecule has 0 unspecified atom stereocenters. The molecule has 0 radical (unpaired) electrons. The number of alkyl halides is 3. The van der Waals surface area contributed by atoms with E-state index in [4.69, 9.17) is 0 Å². The molecule has 2 aromatic heterocycles. The summed E-state index contributed by atoms with van der Waals surface area (Å²) in [5, 5.41) is 16.5. The number of imidazole rings is 1. The van der Waals surface area contributed by atoms with Crippen molar-refractivity contribution in [3.8, 4) is 0 Å². The van der Waals surface area contributed by atoms with Crippen molar-refractivity contribution in [2.45, 2.75) is 32.2 Å². The van der Waals surface area contributed by atoms with Crippen LogP contribution >= 0.6 is 0 Å². The molecule has 4 rings (SSSR count). The first-order valence-corrected chi connectivity index (χ1v) is 9.91. The molecule has 0 fully saturated rings. The first-order valence-electron chi connectivity index (χ1n) is 9.91. The minimum Gasteiger partial charge on any atom is -0.390 e. The molecule has 164 valence electrons. The molecule has 7 nitrogen and oxygen atoms in total. The molecule has 1 atom stereocenters. The van der Waals surface area contributed by atoms with Crippen LogP contribution < -0.4 is 5.32 Å². The number of halogens is 3. The SMILES string of the molecule is Cc1c(C(=O)NC[C@H](O)CN2CCc3ccccc3C2)nc2ccc(C(F)(F)F)nn12. The highest BCUT2D eigenvalue weighted by Crippen LogP contribution is 2.27. The van der Waals surface area contributed by atoms with Crippen LogP contribution in [0, 0.1) is 6.92 Å². The van der Waals surface area contributed by atoms with Crippen molar-refractivity contribution in [1.29, 1.82) is 0 Å². The Labute approximate surface area is 176 Å². The van der Waals surface area contributed by atoms with Crippen LogP contribution in [0.3, 0.4) is 0 Å². The fourth-order valence-electron chi connectivity index (χ4n) is 3.78. The molecule has 1 amide bonds. The molecular formula is C21H22F3N5O2. The van der Waals surface area contributed by atoms with E-state index in [1.54, 1.807) is 0 Å². The van der Waals surface area contributed by atoms with Gasteiger partial charge in [-0.2, -0.15) is 18.3 Å². The predicted octanol–water partition coefficient (Wildman–Crippen LogP) is 2.21. The smallest absolute Gasteiger partial charge is 0.390 e. The summed E-state index contributed by atoms with van der Waals surface area (Å²) in [6, 6.07) is 10.2. The van der Waals surface area contributed by atoms with Gasteiger partial charge in [-0.1, -0.05) is 24.3 Å². The molecule has 3 aromatic rings. The number of β-amino-alcohol motifs (C(OH)–C–C–N with tert-alkyl or cyclic N) is 1. The third-order valence-corrected chi connectivity index (χ3v) is 5.38. The van der Waals surface area contributed by atoms with Crippen LogP contribution in [0.15, 0.2) is 36.4 Å². The minimum absolute atomic E-state index is 0.00548. The van der Waals surface area contributed by atoms with Gasteiger partial charge in [-0.05, 0) is 36.6 Å². The van der Waals surface area contributed by atoms with Crippen molar-refractivity contribution in [3.05, 3.63) is 64.6 Å². The summed E-state index contributed by atoms with van der Waals surface area (Å²) in [6.45, 7) is 3.44. The number of carbonyl (C=O) groups excluding carboxylic acids is 1. The molecule has 0 aliphatic carbocycles. The van der Waals surface area contributed by atoms with Crippen molar-refractivity contribution in [3.63, 3.8) is 0 Å². The van der Waals surface area contributed by atoms with E-state index in [0.717, 1.165) is 30.1 Å². The number of aromatic nitrogens is 3. The Morgan fingerprint density at radius 1 is 1.23 bits per heavy atom. The maximum absolute atomic E-state index is 12.9. The summed E-state index contributed by atoms with van der Waals surface area (Å²) in [6.07, 6.45) is -4.48. The monoisotopic (exact) mass is 433 g/mol. The molecule has 3 heterocycles. The third-order valence-electron chi connectivity index (χ3n) is 5.38. The largest absolute Gasteiger partial charge is 0.435 e. The average molecular weight is 433 g/mol. The van der Waals surface area contributed by atoms with Gasteiger partial charge in [0, 0.05) is 26.2 Å². The molecule has 31 heavy (non-hydrogen) atoms. The Bertz CT molecular complexity index is 1110. The topological polar surface area (TPSA) is 82.8 Å². The lowest BCUT2D eigenvalue weighted by molar-refractivity contribution is -0.141. The highest BCUT2D eigenvalue weighted by Gasteiger charge is 2.33. The van der Waals surface area contributed by atoms with Crippen molar-refractivity contribution >= 4 is 11.6 Å². The van der Waals surface area contributed by atoms with Crippen molar-refractivity contribution in [2.24, 2.45) is 0 Å². The summed E-state index contributed by atoms with van der Waals surface area (Å²) < 4.78 is 39.7.